The molecular weight excluding hydrogens is 248 g/mol. The molecule has 0 N–H and O–H groups in total. The van der Waals surface area contributed by atoms with Crippen LogP contribution in [0.3, 0.4) is 0 Å². The number of nitrogens with zero attached hydrogens (tertiary/aromatic N) is 2. The molecule has 2 atom stereocenters. The third-order valence-electron chi connectivity index (χ3n) is 2.79. The van der Waals surface area contributed by atoms with Crippen LogP contribution in [0, 0.1) is 5.41 Å². The molecule has 0 spiro atoms. The first-order chi connectivity index (χ1) is 6.18. The monoisotopic (exact) mass is 260 g/mol. The molecule has 0 amide bonds. The summed E-state index contributed by atoms with van der Waals surface area (Å²) in [6.07, 6.45) is 4.96. The first-order valence-electron chi connectivity index (χ1n) is 4.58. The van der Waals surface area contributed by atoms with Crippen LogP contribution in [0.1, 0.15) is 31.9 Å². The molecule has 0 bridgehead atoms. The van der Waals surface area contributed by atoms with E-state index < -0.39 is 0 Å². The van der Waals surface area contributed by atoms with E-state index in [0.29, 0.717) is 10.2 Å². The molecule has 1 fully saturated rings. The van der Waals surface area contributed by atoms with Crippen LogP contribution >= 0.6 is 27.5 Å². The summed E-state index contributed by atoms with van der Waals surface area (Å²) in [5.74, 6) is 0. The van der Waals surface area contributed by atoms with Gasteiger partial charge in [-0.05, 0) is 42.6 Å². The van der Waals surface area contributed by atoms with E-state index in [0.717, 1.165) is 12.1 Å². The zero-order valence-electron chi connectivity index (χ0n) is 7.66. The number of hydrogen-bond acceptors (Lipinski definition) is 3. The van der Waals surface area contributed by atoms with Gasteiger partial charge < -0.3 is 0 Å². The Morgan fingerprint density at radius 1 is 1.77 bits per heavy atom. The molecule has 0 aliphatic heterocycles. The fourth-order valence-electron chi connectivity index (χ4n) is 2.10. The van der Waals surface area contributed by atoms with Gasteiger partial charge in [0.15, 0.2) is 0 Å². The molecule has 1 aromatic rings. The summed E-state index contributed by atoms with van der Waals surface area (Å²) in [4.78, 5) is 0.712. The first kappa shape index (κ1) is 9.59. The Morgan fingerprint density at radius 3 is 3.15 bits per heavy atom. The largest absolute Gasteiger partial charge is 0.143 e. The van der Waals surface area contributed by atoms with Gasteiger partial charge in [0, 0.05) is 10.2 Å². The SMILES string of the molecule is CC1(Cc2csnn2)CCC(Br)C1. The Kier molecular flexibility index (Phi) is 2.70. The van der Waals surface area contributed by atoms with Gasteiger partial charge in [0.1, 0.15) is 0 Å². The van der Waals surface area contributed by atoms with Crippen LogP contribution in [0.5, 0.6) is 0 Å². The van der Waals surface area contributed by atoms with Gasteiger partial charge in [0.2, 0.25) is 0 Å². The van der Waals surface area contributed by atoms with Crippen molar-refractivity contribution in [2.75, 3.05) is 0 Å². The smallest absolute Gasteiger partial charge is 0.0760 e. The van der Waals surface area contributed by atoms with Crippen LogP contribution in [0.2, 0.25) is 0 Å². The van der Waals surface area contributed by atoms with Crippen molar-refractivity contribution in [3.05, 3.63) is 11.1 Å². The van der Waals surface area contributed by atoms with Gasteiger partial charge in [0.05, 0.1) is 5.69 Å². The minimum Gasteiger partial charge on any atom is -0.143 e. The molecule has 2 rings (SSSR count). The zero-order chi connectivity index (χ0) is 9.31. The Bertz CT molecular complexity index is 275. The molecule has 1 heterocycles. The molecule has 1 aliphatic carbocycles. The average molecular weight is 261 g/mol. The molecule has 1 saturated carbocycles. The fraction of sp³-hybridized carbons (Fsp3) is 0.778. The Hall–Kier alpha value is 0.0400. The summed E-state index contributed by atoms with van der Waals surface area (Å²) in [6.45, 7) is 2.35. The van der Waals surface area contributed by atoms with E-state index >= 15 is 0 Å². The van der Waals surface area contributed by atoms with Crippen molar-refractivity contribution >= 4 is 27.5 Å². The van der Waals surface area contributed by atoms with Crippen molar-refractivity contribution in [1.82, 2.24) is 9.59 Å². The standard InChI is InChI=1S/C9H13BrN2S/c1-9(3-2-7(10)4-9)5-8-6-13-12-11-8/h6-7H,2-5H2,1H3. The van der Waals surface area contributed by atoms with Crippen LogP contribution in [-0.2, 0) is 6.42 Å². The summed E-state index contributed by atoms with van der Waals surface area (Å²) in [5.41, 5.74) is 1.61. The Labute approximate surface area is 91.0 Å². The van der Waals surface area contributed by atoms with Gasteiger partial charge in [0.25, 0.3) is 0 Å². The van der Waals surface area contributed by atoms with E-state index in [1.807, 2.05) is 0 Å². The number of alkyl halides is 1. The third kappa shape index (κ3) is 2.29. The van der Waals surface area contributed by atoms with Crippen molar-refractivity contribution in [1.29, 1.82) is 0 Å². The van der Waals surface area contributed by atoms with Gasteiger partial charge in [-0.25, -0.2) is 0 Å². The van der Waals surface area contributed by atoms with E-state index in [1.54, 1.807) is 0 Å². The molecule has 1 aromatic heterocycles. The van der Waals surface area contributed by atoms with E-state index in [9.17, 15) is 0 Å². The van der Waals surface area contributed by atoms with Gasteiger partial charge in [-0.3, -0.25) is 0 Å². The minimum absolute atomic E-state index is 0.448. The molecule has 13 heavy (non-hydrogen) atoms. The van der Waals surface area contributed by atoms with Crippen LogP contribution < -0.4 is 0 Å². The van der Waals surface area contributed by atoms with Gasteiger partial charge in [-0.2, -0.15) is 0 Å². The average Bonchev–Trinajstić information content (AvgIpc) is 2.62. The Balaban J connectivity index is 2.01. The van der Waals surface area contributed by atoms with Crippen LogP contribution in [0.25, 0.3) is 0 Å². The van der Waals surface area contributed by atoms with Gasteiger partial charge in [-0.15, -0.1) is 5.10 Å². The van der Waals surface area contributed by atoms with Crippen molar-refractivity contribution < 1.29 is 0 Å². The molecule has 2 nitrogen and oxygen atoms in total. The fourth-order valence-corrected chi connectivity index (χ4v) is 3.56. The summed E-state index contributed by atoms with van der Waals surface area (Å²) < 4.78 is 3.89. The van der Waals surface area contributed by atoms with E-state index in [1.165, 1.54) is 30.8 Å². The van der Waals surface area contributed by atoms with Crippen molar-refractivity contribution in [2.45, 2.75) is 37.4 Å². The zero-order valence-corrected chi connectivity index (χ0v) is 10.1. The lowest BCUT2D eigenvalue weighted by Gasteiger charge is -2.21. The molecule has 0 aromatic carbocycles. The maximum absolute atomic E-state index is 4.10. The second kappa shape index (κ2) is 3.65. The third-order valence-corrected chi connectivity index (χ3v) is 4.12. The molecular formula is C9H13BrN2S. The summed E-state index contributed by atoms with van der Waals surface area (Å²) >= 11 is 5.13. The number of halogens is 1. The minimum atomic E-state index is 0.448. The highest BCUT2D eigenvalue weighted by Gasteiger charge is 2.34. The summed E-state index contributed by atoms with van der Waals surface area (Å²) in [6, 6.07) is 0. The second-order valence-corrected chi connectivity index (χ2v) is 6.13. The van der Waals surface area contributed by atoms with Crippen molar-refractivity contribution in [3.8, 4) is 0 Å². The highest BCUT2D eigenvalue weighted by atomic mass is 79.9. The van der Waals surface area contributed by atoms with E-state index in [-0.39, 0.29) is 0 Å². The second-order valence-electron chi connectivity index (χ2n) is 4.22. The molecule has 72 valence electrons. The lowest BCUT2D eigenvalue weighted by molar-refractivity contribution is 0.332. The number of rotatable bonds is 2. The summed E-state index contributed by atoms with van der Waals surface area (Å²) in [7, 11) is 0. The molecule has 0 saturated heterocycles. The van der Waals surface area contributed by atoms with Crippen LogP contribution in [0.4, 0.5) is 0 Å². The lowest BCUT2D eigenvalue weighted by Crippen LogP contribution is -2.15. The summed E-state index contributed by atoms with van der Waals surface area (Å²) in [5, 5.41) is 6.17. The first-order valence-corrected chi connectivity index (χ1v) is 6.33. The lowest BCUT2D eigenvalue weighted by atomic mass is 9.84. The topological polar surface area (TPSA) is 25.8 Å². The maximum atomic E-state index is 4.10. The number of aromatic nitrogens is 2. The highest BCUT2D eigenvalue weighted by Crippen LogP contribution is 2.43. The maximum Gasteiger partial charge on any atom is 0.0760 e. The van der Waals surface area contributed by atoms with Gasteiger partial charge in [-0.1, -0.05) is 27.3 Å². The molecule has 2 unspecified atom stereocenters. The quantitative estimate of drug-likeness (QED) is 0.765. The van der Waals surface area contributed by atoms with Crippen molar-refractivity contribution in [3.63, 3.8) is 0 Å². The van der Waals surface area contributed by atoms with Crippen LogP contribution in [-0.4, -0.2) is 14.4 Å². The van der Waals surface area contributed by atoms with Gasteiger partial charge >= 0.3 is 0 Å². The molecule has 4 heteroatoms. The van der Waals surface area contributed by atoms with Crippen LogP contribution in [0.15, 0.2) is 5.38 Å². The van der Waals surface area contributed by atoms with E-state index in [4.69, 9.17) is 0 Å². The predicted molar refractivity (Wildman–Crippen MR) is 58.3 cm³/mol. The Morgan fingerprint density at radius 2 is 2.62 bits per heavy atom. The normalized spacial score (nSPS) is 33.8. The predicted octanol–water partition coefficient (Wildman–Crippen LogP) is 3.03. The van der Waals surface area contributed by atoms with Crippen molar-refractivity contribution in [2.24, 2.45) is 5.41 Å². The number of hydrogen-bond donors (Lipinski definition) is 0. The molecule has 0 radical (unpaired) electrons. The van der Waals surface area contributed by atoms with E-state index in [2.05, 4.69) is 37.8 Å². The highest BCUT2D eigenvalue weighted by molar-refractivity contribution is 9.09. The molecule has 1 aliphatic rings.